The van der Waals surface area contributed by atoms with Crippen LogP contribution in [-0.2, 0) is 15.8 Å². The van der Waals surface area contributed by atoms with E-state index in [0.29, 0.717) is 11.3 Å². The van der Waals surface area contributed by atoms with Gasteiger partial charge in [0.15, 0.2) is 0 Å². The van der Waals surface area contributed by atoms with Gasteiger partial charge < -0.3 is 10.6 Å². The van der Waals surface area contributed by atoms with Crippen LogP contribution in [0, 0.1) is 11.3 Å². The van der Waals surface area contributed by atoms with Crippen LogP contribution in [0.2, 0.25) is 5.02 Å². The Hall–Kier alpha value is -3.09. The van der Waals surface area contributed by atoms with Gasteiger partial charge in [-0.2, -0.15) is 18.4 Å². The van der Waals surface area contributed by atoms with E-state index in [1.165, 1.54) is 18.0 Å². The van der Waals surface area contributed by atoms with E-state index >= 15 is 0 Å². The minimum absolute atomic E-state index is 0.0557. The predicted molar refractivity (Wildman–Crippen MR) is 107 cm³/mol. The summed E-state index contributed by atoms with van der Waals surface area (Å²) in [5.74, 6) is -0.980. The van der Waals surface area contributed by atoms with Gasteiger partial charge in [-0.25, -0.2) is 0 Å². The largest absolute Gasteiger partial charge is 0.417 e. The van der Waals surface area contributed by atoms with Crippen LogP contribution in [-0.4, -0.2) is 36.3 Å². The van der Waals surface area contributed by atoms with E-state index in [9.17, 15) is 22.8 Å². The third-order valence-electron chi connectivity index (χ3n) is 4.27. The van der Waals surface area contributed by atoms with Crippen molar-refractivity contribution < 1.29 is 22.8 Å². The number of nitriles is 1. The molecule has 6 nitrogen and oxygen atoms in total. The minimum Gasteiger partial charge on any atom is -0.325 e. The summed E-state index contributed by atoms with van der Waals surface area (Å²) in [5, 5.41) is 13.4. The van der Waals surface area contributed by atoms with Gasteiger partial charge in [0.25, 0.3) is 0 Å². The standard InChI is InChI=1S/C20H18ClF3N4O2/c1-12(19(30)27-14-5-3-13(10-25)4-6-14)28(2)11-18(29)26-15-7-8-17(21)16(9-15)20(22,23)24/h3-9,12H,11H2,1-2H3,(H,26,29)(H,27,30)/t12-/m0/s1. The summed E-state index contributed by atoms with van der Waals surface area (Å²) in [5.41, 5.74) is -0.166. The van der Waals surface area contributed by atoms with E-state index in [4.69, 9.17) is 16.9 Å². The molecule has 0 radical (unpaired) electrons. The lowest BCUT2D eigenvalue weighted by Gasteiger charge is -2.23. The van der Waals surface area contributed by atoms with Gasteiger partial charge in [0.05, 0.1) is 34.8 Å². The lowest BCUT2D eigenvalue weighted by molar-refractivity contribution is -0.137. The maximum atomic E-state index is 12.9. The first kappa shape index (κ1) is 23.2. The van der Waals surface area contributed by atoms with E-state index in [2.05, 4.69) is 10.6 Å². The Balaban J connectivity index is 1.96. The highest BCUT2D eigenvalue weighted by Gasteiger charge is 2.33. The highest BCUT2D eigenvalue weighted by molar-refractivity contribution is 6.31. The van der Waals surface area contributed by atoms with Crippen LogP contribution in [0.5, 0.6) is 0 Å². The Bertz CT molecular complexity index is 971. The quantitative estimate of drug-likeness (QED) is 0.710. The molecule has 0 aliphatic heterocycles. The molecule has 1 atom stereocenters. The van der Waals surface area contributed by atoms with Gasteiger partial charge in [-0.15, -0.1) is 0 Å². The van der Waals surface area contributed by atoms with Crippen molar-refractivity contribution in [3.8, 4) is 6.07 Å². The molecule has 2 rings (SSSR count). The minimum atomic E-state index is -4.65. The van der Waals surface area contributed by atoms with Crippen molar-refractivity contribution in [2.45, 2.75) is 19.1 Å². The topological polar surface area (TPSA) is 85.2 Å². The highest BCUT2D eigenvalue weighted by atomic mass is 35.5. The second kappa shape index (κ2) is 9.61. The van der Waals surface area contributed by atoms with Crippen molar-refractivity contribution in [2.24, 2.45) is 0 Å². The molecule has 0 aromatic heterocycles. The molecule has 0 aliphatic rings. The van der Waals surface area contributed by atoms with Crippen molar-refractivity contribution in [3.63, 3.8) is 0 Å². The van der Waals surface area contributed by atoms with Crippen molar-refractivity contribution in [2.75, 3.05) is 24.2 Å². The van der Waals surface area contributed by atoms with Gasteiger partial charge in [0.2, 0.25) is 11.8 Å². The normalized spacial score (nSPS) is 12.2. The first-order valence-corrected chi connectivity index (χ1v) is 9.07. The number of likely N-dealkylation sites (N-methyl/N-ethyl adjacent to an activating group) is 1. The molecular formula is C20H18ClF3N4O2. The summed E-state index contributed by atoms with van der Waals surface area (Å²) in [6, 6.07) is 10.6. The summed E-state index contributed by atoms with van der Waals surface area (Å²) in [6.07, 6.45) is -4.65. The highest BCUT2D eigenvalue weighted by Crippen LogP contribution is 2.36. The Morgan fingerprint density at radius 2 is 1.73 bits per heavy atom. The van der Waals surface area contributed by atoms with Gasteiger partial charge in [0.1, 0.15) is 0 Å². The number of halogens is 4. The number of anilines is 2. The molecule has 0 saturated carbocycles. The number of alkyl halides is 3. The Morgan fingerprint density at radius 3 is 2.30 bits per heavy atom. The van der Waals surface area contributed by atoms with Crippen LogP contribution in [0.25, 0.3) is 0 Å². The number of carbonyl (C=O) groups excluding carboxylic acids is 2. The fraction of sp³-hybridized carbons (Fsp3) is 0.250. The van der Waals surface area contributed by atoms with Gasteiger partial charge >= 0.3 is 6.18 Å². The monoisotopic (exact) mass is 438 g/mol. The number of carbonyl (C=O) groups is 2. The molecule has 0 spiro atoms. The van der Waals surface area contributed by atoms with E-state index in [0.717, 1.165) is 12.1 Å². The number of amides is 2. The zero-order valence-electron chi connectivity index (χ0n) is 16.0. The van der Waals surface area contributed by atoms with E-state index in [-0.39, 0.29) is 18.1 Å². The van der Waals surface area contributed by atoms with Crippen molar-refractivity contribution in [1.82, 2.24) is 4.90 Å². The maximum absolute atomic E-state index is 12.9. The molecule has 0 saturated heterocycles. The number of benzene rings is 2. The van der Waals surface area contributed by atoms with Crippen LogP contribution in [0.4, 0.5) is 24.5 Å². The molecule has 2 aromatic carbocycles. The van der Waals surface area contributed by atoms with Crippen LogP contribution < -0.4 is 10.6 Å². The summed E-state index contributed by atoms with van der Waals surface area (Å²) >= 11 is 5.56. The number of hydrogen-bond acceptors (Lipinski definition) is 4. The summed E-state index contributed by atoms with van der Waals surface area (Å²) in [7, 11) is 1.53. The zero-order chi connectivity index (χ0) is 22.5. The number of nitrogens with zero attached hydrogens (tertiary/aromatic N) is 2. The van der Waals surface area contributed by atoms with Crippen LogP contribution in [0.15, 0.2) is 42.5 Å². The van der Waals surface area contributed by atoms with Gasteiger partial charge in [-0.05, 0) is 56.4 Å². The second-order valence-electron chi connectivity index (χ2n) is 6.51. The number of hydrogen-bond donors (Lipinski definition) is 2. The molecule has 158 valence electrons. The maximum Gasteiger partial charge on any atom is 0.417 e. The molecule has 30 heavy (non-hydrogen) atoms. The molecular weight excluding hydrogens is 421 g/mol. The molecule has 0 heterocycles. The Morgan fingerprint density at radius 1 is 1.13 bits per heavy atom. The summed E-state index contributed by atoms with van der Waals surface area (Å²) < 4.78 is 38.8. The fourth-order valence-corrected chi connectivity index (χ4v) is 2.68. The third kappa shape index (κ3) is 6.20. The number of nitrogens with one attached hydrogen (secondary N) is 2. The molecule has 2 N–H and O–H groups in total. The van der Waals surface area contributed by atoms with Gasteiger partial charge in [0, 0.05) is 11.4 Å². The van der Waals surface area contributed by atoms with Crippen molar-refractivity contribution in [3.05, 3.63) is 58.6 Å². The van der Waals surface area contributed by atoms with Crippen molar-refractivity contribution >= 4 is 34.8 Å². The smallest absolute Gasteiger partial charge is 0.325 e. The van der Waals surface area contributed by atoms with Gasteiger partial charge in [-0.1, -0.05) is 11.6 Å². The van der Waals surface area contributed by atoms with Crippen LogP contribution >= 0.6 is 11.6 Å². The summed E-state index contributed by atoms with van der Waals surface area (Å²) in [4.78, 5) is 26.0. The fourth-order valence-electron chi connectivity index (χ4n) is 2.46. The molecule has 10 heteroatoms. The second-order valence-corrected chi connectivity index (χ2v) is 6.92. The Labute approximate surface area is 176 Å². The summed E-state index contributed by atoms with van der Waals surface area (Å²) in [6.45, 7) is 1.35. The van der Waals surface area contributed by atoms with E-state index < -0.39 is 28.7 Å². The SMILES string of the molecule is C[C@@H](C(=O)Nc1ccc(C#N)cc1)N(C)CC(=O)Nc1ccc(Cl)c(C(F)(F)F)c1. The lowest BCUT2D eigenvalue weighted by atomic mass is 10.2. The molecule has 0 bridgehead atoms. The lowest BCUT2D eigenvalue weighted by Crippen LogP contribution is -2.43. The van der Waals surface area contributed by atoms with E-state index in [1.807, 2.05) is 6.07 Å². The first-order chi connectivity index (χ1) is 14.0. The third-order valence-corrected chi connectivity index (χ3v) is 4.60. The molecule has 0 aliphatic carbocycles. The predicted octanol–water partition coefficient (Wildman–Crippen LogP) is 4.13. The molecule has 2 amide bonds. The average Bonchev–Trinajstić information content (AvgIpc) is 2.68. The molecule has 0 unspecified atom stereocenters. The van der Waals surface area contributed by atoms with E-state index in [1.54, 1.807) is 31.2 Å². The molecule has 2 aromatic rings. The van der Waals surface area contributed by atoms with Crippen LogP contribution in [0.1, 0.15) is 18.1 Å². The average molecular weight is 439 g/mol. The first-order valence-electron chi connectivity index (χ1n) is 8.69. The van der Waals surface area contributed by atoms with Crippen molar-refractivity contribution in [1.29, 1.82) is 5.26 Å². The van der Waals surface area contributed by atoms with Crippen LogP contribution in [0.3, 0.4) is 0 Å². The zero-order valence-corrected chi connectivity index (χ0v) is 16.8. The van der Waals surface area contributed by atoms with Gasteiger partial charge in [-0.3, -0.25) is 14.5 Å². The number of rotatable bonds is 6. The molecule has 0 fully saturated rings. The Kier molecular flexibility index (Phi) is 7.43.